The van der Waals surface area contributed by atoms with Crippen LogP contribution in [0, 0.1) is 0 Å². The monoisotopic (exact) mass is 230 g/mol. The van der Waals surface area contributed by atoms with Crippen molar-refractivity contribution in [3.8, 4) is 11.6 Å². The molecule has 2 aromatic rings. The molecule has 0 radical (unpaired) electrons. The highest BCUT2D eigenvalue weighted by Crippen LogP contribution is 2.26. The van der Waals surface area contributed by atoms with E-state index in [1.807, 2.05) is 18.2 Å². The van der Waals surface area contributed by atoms with E-state index in [4.69, 9.17) is 10.5 Å². The van der Waals surface area contributed by atoms with Gasteiger partial charge in [-0.15, -0.1) is 11.7 Å². The number of nitrogen functional groups attached to an aromatic ring is 1. The normalized spacial score (nSPS) is 10.2. The Morgan fingerprint density at radius 2 is 2.35 bits per heavy atom. The fraction of sp³-hybridized carbons (Fsp3) is 0.167. The van der Waals surface area contributed by atoms with Gasteiger partial charge in [-0.1, -0.05) is 11.3 Å². The van der Waals surface area contributed by atoms with Gasteiger partial charge in [0.2, 0.25) is 5.88 Å². The predicted octanol–water partition coefficient (Wildman–Crippen LogP) is 1.92. The summed E-state index contributed by atoms with van der Waals surface area (Å²) in [6, 6.07) is 5.51. The number of aromatic nitrogens is 3. The van der Waals surface area contributed by atoms with Gasteiger partial charge in [-0.25, -0.2) is 4.68 Å². The minimum atomic E-state index is 0.583. The number of rotatable bonds is 4. The summed E-state index contributed by atoms with van der Waals surface area (Å²) in [5.41, 5.74) is 7.43. The molecule has 0 amide bonds. The molecule has 0 unspecified atom stereocenters. The van der Waals surface area contributed by atoms with Crippen LogP contribution in [-0.4, -0.2) is 15.0 Å². The molecule has 17 heavy (non-hydrogen) atoms. The molecule has 2 N–H and O–H groups in total. The molecule has 88 valence electrons. The molecule has 1 aromatic carbocycles. The lowest BCUT2D eigenvalue weighted by Gasteiger charge is -2.10. The zero-order chi connectivity index (χ0) is 12.3. The van der Waals surface area contributed by atoms with Gasteiger partial charge < -0.3 is 10.5 Å². The van der Waals surface area contributed by atoms with Gasteiger partial charge in [0, 0.05) is 18.3 Å². The molecule has 0 aliphatic rings. The second-order valence-corrected chi connectivity index (χ2v) is 3.66. The standard InChI is InChI=1S/C12H14N4O/c1-3-4-9-7-10(13)5-6-11(9)17-12-8-14-15-16(12)2/h3,5-8H,1,4,13H2,2H3. The van der Waals surface area contributed by atoms with Crippen molar-refractivity contribution in [1.82, 2.24) is 15.0 Å². The van der Waals surface area contributed by atoms with Gasteiger partial charge in [-0.05, 0) is 24.6 Å². The maximum absolute atomic E-state index is 5.74. The molecule has 1 heterocycles. The van der Waals surface area contributed by atoms with Crippen LogP contribution in [0.25, 0.3) is 0 Å². The van der Waals surface area contributed by atoms with Crippen molar-refractivity contribution >= 4 is 5.69 Å². The molecule has 0 aliphatic heterocycles. The van der Waals surface area contributed by atoms with E-state index in [9.17, 15) is 0 Å². The molecule has 0 saturated heterocycles. The van der Waals surface area contributed by atoms with E-state index in [1.54, 1.807) is 24.0 Å². The first-order valence-corrected chi connectivity index (χ1v) is 5.22. The van der Waals surface area contributed by atoms with Crippen molar-refractivity contribution in [3.63, 3.8) is 0 Å². The van der Waals surface area contributed by atoms with E-state index in [2.05, 4.69) is 16.9 Å². The highest BCUT2D eigenvalue weighted by molar-refractivity contribution is 5.49. The van der Waals surface area contributed by atoms with Crippen LogP contribution in [0.4, 0.5) is 5.69 Å². The molecular weight excluding hydrogens is 216 g/mol. The van der Waals surface area contributed by atoms with E-state index in [0.29, 0.717) is 18.0 Å². The van der Waals surface area contributed by atoms with E-state index in [0.717, 1.165) is 11.3 Å². The molecule has 2 rings (SSSR count). The summed E-state index contributed by atoms with van der Waals surface area (Å²) in [4.78, 5) is 0. The second-order valence-electron chi connectivity index (χ2n) is 3.66. The van der Waals surface area contributed by atoms with Gasteiger partial charge in [0.05, 0.1) is 0 Å². The first-order valence-electron chi connectivity index (χ1n) is 5.22. The zero-order valence-corrected chi connectivity index (χ0v) is 9.63. The fourth-order valence-corrected chi connectivity index (χ4v) is 1.50. The average Bonchev–Trinajstić information content (AvgIpc) is 2.69. The maximum atomic E-state index is 5.74. The van der Waals surface area contributed by atoms with Gasteiger partial charge in [0.15, 0.2) is 0 Å². The lowest BCUT2D eigenvalue weighted by Crippen LogP contribution is -1.98. The van der Waals surface area contributed by atoms with Crippen molar-refractivity contribution in [2.45, 2.75) is 6.42 Å². The third-order valence-electron chi connectivity index (χ3n) is 2.34. The van der Waals surface area contributed by atoms with E-state index in [1.165, 1.54) is 0 Å². The first-order chi connectivity index (χ1) is 8.20. The van der Waals surface area contributed by atoms with E-state index >= 15 is 0 Å². The maximum Gasteiger partial charge on any atom is 0.237 e. The molecule has 5 heteroatoms. The lowest BCUT2D eigenvalue weighted by atomic mass is 10.1. The van der Waals surface area contributed by atoms with Crippen LogP contribution in [0.15, 0.2) is 37.1 Å². The number of aryl methyl sites for hydroxylation is 1. The number of hydrogen-bond donors (Lipinski definition) is 1. The second kappa shape index (κ2) is 4.69. The van der Waals surface area contributed by atoms with Crippen molar-refractivity contribution in [1.29, 1.82) is 0 Å². The smallest absolute Gasteiger partial charge is 0.237 e. The van der Waals surface area contributed by atoms with Crippen LogP contribution in [-0.2, 0) is 13.5 Å². The van der Waals surface area contributed by atoms with Gasteiger partial charge in [-0.3, -0.25) is 0 Å². The van der Waals surface area contributed by atoms with E-state index in [-0.39, 0.29) is 0 Å². The number of nitrogens with zero attached hydrogens (tertiary/aromatic N) is 3. The minimum absolute atomic E-state index is 0.583. The van der Waals surface area contributed by atoms with Crippen molar-refractivity contribution < 1.29 is 4.74 Å². The fourth-order valence-electron chi connectivity index (χ4n) is 1.50. The number of nitrogens with two attached hydrogens (primary N) is 1. The molecule has 5 nitrogen and oxygen atoms in total. The van der Waals surface area contributed by atoms with Gasteiger partial charge in [0.1, 0.15) is 11.9 Å². The van der Waals surface area contributed by atoms with Crippen molar-refractivity contribution in [3.05, 3.63) is 42.6 Å². The van der Waals surface area contributed by atoms with Gasteiger partial charge >= 0.3 is 0 Å². The van der Waals surface area contributed by atoms with Crippen LogP contribution in [0.5, 0.6) is 11.6 Å². The Bertz CT molecular complexity index is 533. The molecule has 0 aliphatic carbocycles. The Labute approximate surface area is 99.5 Å². The van der Waals surface area contributed by atoms with Crippen LogP contribution in [0.3, 0.4) is 0 Å². The summed E-state index contributed by atoms with van der Waals surface area (Å²) >= 11 is 0. The van der Waals surface area contributed by atoms with Crippen molar-refractivity contribution in [2.24, 2.45) is 7.05 Å². The number of hydrogen-bond acceptors (Lipinski definition) is 4. The number of benzene rings is 1. The Kier molecular flexibility index (Phi) is 3.09. The first kappa shape index (κ1) is 11.2. The molecular formula is C12H14N4O. The third-order valence-corrected chi connectivity index (χ3v) is 2.34. The van der Waals surface area contributed by atoms with Crippen LogP contribution < -0.4 is 10.5 Å². The number of ether oxygens (including phenoxy) is 1. The number of anilines is 1. The summed E-state index contributed by atoms with van der Waals surface area (Å²) in [5, 5.41) is 7.56. The van der Waals surface area contributed by atoms with Crippen molar-refractivity contribution in [2.75, 3.05) is 5.73 Å². The summed E-state index contributed by atoms with van der Waals surface area (Å²) in [5.74, 6) is 1.32. The summed E-state index contributed by atoms with van der Waals surface area (Å²) < 4.78 is 7.29. The topological polar surface area (TPSA) is 66.0 Å². The van der Waals surface area contributed by atoms with Crippen LogP contribution in [0.1, 0.15) is 5.56 Å². The third kappa shape index (κ3) is 2.44. The minimum Gasteiger partial charge on any atom is -0.437 e. The molecule has 0 spiro atoms. The zero-order valence-electron chi connectivity index (χ0n) is 9.63. The predicted molar refractivity (Wildman–Crippen MR) is 65.8 cm³/mol. The van der Waals surface area contributed by atoms with Crippen LogP contribution in [0.2, 0.25) is 0 Å². The SMILES string of the molecule is C=CCc1cc(N)ccc1Oc1cnnn1C. The lowest BCUT2D eigenvalue weighted by molar-refractivity contribution is 0.426. The van der Waals surface area contributed by atoms with Gasteiger partial charge in [-0.2, -0.15) is 0 Å². The van der Waals surface area contributed by atoms with E-state index < -0.39 is 0 Å². The summed E-state index contributed by atoms with van der Waals surface area (Å²) in [6.45, 7) is 3.72. The number of allylic oxidation sites excluding steroid dienone is 1. The highest BCUT2D eigenvalue weighted by Gasteiger charge is 2.07. The highest BCUT2D eigenvalue weighted by atomic mass is 16.5. The summed E-state index contributed by atoms with van der Waals surface area (Å²) in [6.07, 6.45) is 4.07. The Morgan fingerprint density at radius 1 is 1.53 bits per heavy atom. The van der Waals surface area contributed by atoms with Crippen LogP contribution >= 0.6 is 0 Å². The molecule has 0 saturated carbocycles. The molecule has 1 aromatic heterocycles. The Balaban J connectivity index is 2.31. The molecule has 0 atom stereocenters. The largest absolute Gasteiger partial charge is 0.437 e. The van der Waals surface area contributed by atoms with Gasteiger partial charge in [0.25, 0.3) is 0 Å². The molecule has 0 bridgehead atoms. The molecule has 0 fully saturated rings. The quantitative estimate of drug-likeness (QED) is 0.643. The average molecular weight is 230 g/mol. The summed E-state index contributed by atoms with van der Waals surface area (Å²) in [7, 11) is 1.77. The Morgan fingerprint density at radius 3 is 3.00 bits per heavy atom. The Hall–Kier alpha value is -2.30.